The van der Waals surface area contributed by atoms with Crippen LogP contribution in [-0.2, 0) is 20.4 Å². The second-order valence-corrected chi connectivity index (χ2v) is 12.3. The van der Waals surface area contributed by atoms with Crippen molar-refractivity contribution in [3.05, 3.63) is 82.2 Å². The molecule has 0 unspecified atom stereocenters. The first-order valence-corrected chi connectivity index (χ1v) is 14.4. The zero-order valence-electron chi connectivity index (χ0n) is 22.0. The van der Waals surface area contributed by atoms with E-state index in [1.165, 1.54) is 6.07 Å². The quantitative estimate of drug-likeness (QED) is 0.432. The van der Waals surface area contributed by atoms with Gasteiger partial charge in [-0.2, -0.15) is 0 Å². The summed E-state index contributed by atoms with van der Waals surface area (Å²) in [6, 6.07) is 14.1. The van der Waals surface area contributed by atoms with E-state index in [4.69, 9.17) is 0 Å². The molecule has 0 saturated carbocycles. The maximum absolute atomic E-state index is 13.5. The highest BCUT2D eigenvalue weighted by atomic mass is 32.2. The number of amides is 2. The highest BCUT2D eigenvalue weighted by Crippen LogP contribution is 2.36. The molecule has 0 bridgehead atoms. The van der Waals surface area contributed by atoms with E-state index >= 15 is 0 Å². The van der Waals surface area contributed by atoms with E-state index in [0.717, 1.165) is 11.3 Å². The van der Waals surface area contributed by atoms with Crippen molar-refractivity contribution in [2.45, 2.75) is 50.4 Å². The Morgan fingerprint density at radius 1 is 1.05 bits per heavy atom. The Morgan fingerprint density at radius 3 is 2.42 bits per heavy atom. The van der Waals surface area contributed by atoms with E-state index in [1.54, 1.807) is 42.5 Å². The van der Waals surface area contributed by atoms with Gasteiger partial charge in [-0.15, -0.1) is 0 Å². The molecule has 1 saturated heterocycles. The smallest absolute Gasteiger partial charge is 0.256 e. The normalized spacial score (nSPS) is 20.5. The summed E-state index contributed by atoms with van der Waals surface area (Å²) in [6.45, 7) is 9.10. The molecule has 0 aliphatic carbocycles. The molecule has 1 fully saturated rings. The fourth-order valence-corrected chi connectivity index (χ4v) is 6.79. The lowest BCUT2D eigenvalue weighted by Gasteiger charge is -2.36. The van der Waals surface area contributed by atoms with Crippen LogP contribution in [0.1, 0.15) is 52.3 Å². The third-order valence-corrected chi connectivity index (χ3v) is 8.84. The lowest BCUT2D eigenvalue weighted by molar-refractivity contribution is -0.110. The zero-order chi connectivity index (χ0) is 27.2. The number of aromatic nitrogens is 1. The molecule has 0 spiro atoms. The summed E-state index contributed by atoms with van der Waals surface area (Å²) in [6.07, 6.45) is 1.71. The Kier molecular flexibility index (Phi) is 6.75. The molecule has 3 aromatic rings. The zero-order valence-corrected chi connectivity index (χ0v) is 22.8. The Hall–Kier alpha value is -3.69. The Labute approximate surface area is 223 Å². The molecule has 9 heteroatoms. The van der Waals surface area contributed by atoms with Crippen molar-refractivity contribution >= 4 is 39.0 Å². The van der Waals surface area contributed by atoms with Crippen LogP contribution in [0.4, 0.5) is 5.69 Å². The first kappa shape index (κ1) is 25.9. The van der Waals surface area contributed by atoms with Gasteiger partial charge < -0.3 is 20.5 Å². The van der Waals surface area contributed by atoms with E-state index in [9.17, 15) is 18.0 Å². The van der Waals surface area contributed by atoms with Crippen LogP contribution in [-0.4, -0.2) is 55.3 Å². The third kappa shape index (κ3) is 4.91. The number of aromatic amines is 1. The Balaban J connectivity index is 1.48. The van der Waals surface area contributed by atoms with E-state index in [1.807, 2.05) is 24.8 Å². The minimum absolute atomic E-state index is 0.0355. The first-order valence-electron chi connectivity index (χ1n) is 12.7. The summed E-state index contributed by atoms with van der Waals surface area (Å²) in [4.78, 5) is 31.7. The minimum Gasteiger partial charge on any atom is -0.358 e. The summed E-state index contributed by atoms with van der Waals surface area (Å²) in [5.74, 6) is -0.481. The molecule has 2 aliphatic heterocycles. The molecule has 5 rings (SSSR count). The van der Waals surface area contributed by atoms with Gasteiger partial charge in [0, 0.05) is 47.8 Å². The number of H-pyrrole nitrogens is 1. The Bertz CT molecular complexity index is 1550. The van der Waals surface area contributed by atoms with E-state index in [0.29, 0.717) is 46.7 Å². The van der Waals surface area contributed by atoms with Gasteiger partial charge in [-0.3, -0.25) is 9.59 Å². The van der Waals surface area contributed by atoms with Gasteiger partial charge in [-0.25, -0.2) is 8.42 Å². The van der Waals surface area contributed by atoms with Crippen molar-refractivity contribution < 1.29 is 18.0 Å². The highest BCUT2D eigenvalue weighted by molar-refractivity contribution is 7.90. The first-order chi connectivity index (χ1) is 18.0. The predicted octanol–water partition coefficient (Wildman–Crippen LogP) is 3.92. The fraction of sp³-hybridized carbons (Fsp3) is 0.310. The van der Waals surface area contributed by atoms with Gasteiger partial charge in [-0.1, -0.05) is 30.3 Å². The van der Waals surface area contributed by atoms with Crippen LogP contribution in [0.5, 0.6) is 0 Å². The summed E-state index contributed by atoms with van der Waals surface area (Å²) >= 11 is 0. The van der Waals surface area contributed by atoms with Gasteiger partial charge in [-0.05, 0) is 63.1 Å². The van der Waals surface area contributed by atoms with Crippen molar-refractivity contribution in [2.24, 2.45) is 0 Å². The van der Waals surface area contributed by atoms with Crippen LogP contribution in [0.15, 0.2) is 53.4 Å². The molecule has 38 heavy (non-hydrogen) atoms. The number of aryl methyl sites for hydroxylation is 1. The van der Waals surface area contributed by atoms with Crippen molar-refractivity contribution in [1.82, 2.24) is 15.2 Å². The Morgan fingerprint density at radius 2 is 1.74 bits per heavy atom. The minimum atomic E-state index is -3.62. The molecule has 2 atom stereocenters. The van der Waals surface area contributed by atoms with Gasteiger partial charge in [0.2, 0.25) is 0 Å². The SMILES string of the molecule is Cc1[nH]c(C=C2C(=O)Nc3ccc(S(=O)(=O)Cc4ccccc4)cc32)c(C)c1C(=O)N1C[C@@H](C)N[C@@H](C)C1. The number of sulfone groups is 1. The van der Waals surface area contributed by atoms with Crippen LogP contribution in [0.3, 0.4) is 0 Å². The van der Waals surface area contributed by atoms with Crippen molar-refractivity contribution in [3.63, 3.8) is 0 Å². The standard InChI is InChI=1S/C29H32N4O4S/c1-17-14-33(15-18(2)30-17)29(35)27-19(3)26(31-20(27)4)13-24-23-12-22(10-11-25(23)32-28(24)34)38(36,37)16-21-8-6-5-7-9-21/h5-13,17-18,30-31H,14-16H2,1-4H3,(H,32,34)/t17-,18+. The van der Waals surface area contributed by atoms with Crippen LogP contribution in [0.25, 0.3) is 11.6 Å². The molecular formula is C29H32N4O4S. The summed E-state index contributed by atoms with van der Waals surface area (Å²) < 4.78 is 26.3. The molecule has 2 aromatic carbocycles. The molecule has 0 radical (unpaired) electrons. The second-order valence-electron chi connectivity index (χ2n) is 10.3. The van der Waals surface area contributed by atoms with E-state index < -0.39 is 9.84 Å². The number of fused-ring (bicyclic) bond motifs is 1. The number of carbonyl (C=O) groups is 2. The molecule has 3 N–H and O–H groups in total. The number of hydrogen-bond donors (Lipinski definition) is 3. The lowest BCUT2D eigenvalue weighted by Crippen LogP contribution is -2.55. The molecule has 8 nitrogen and oxygen atoms in total. The monoisotopic (exact) mass is 532 g/mol. The van der Waals surface area contributed by atoms with Crippen molar-refractivity contribution in [1.29, 1.82) is 0 Å². The topological polar surface area (TPSA) is 111 Å². The molecule has 198 valence electrons. The van der Waals surface area contributed by atoms with Crippen molar-refractivity contribution in [2.75, 3.05) is 18.4 Å². The number of benzene rings is 2. The van der Waals surface area contributed by atoms with Gasteiger partial charge in [0.25, 0.3) is 11.8 Å². The van der Waals surface area contributed by atoms with Crippen LogP contribution in [0.2, 0.25) is 0 Å². The molecule has 2 amide bonds. The van der Waals surface area contributed by atoms with Gasteiger partial charge in [0.05, 0.1) is 21.8 Å². The number of rotatable bonds is 5. The number of nitrogens with one attached hydrogen (secondary N) is 3. The molecule has 2 aliphatic rings. The molecule has 3 heterocycles. The number of nitrogens with zero attached hydrogens (tertiary/aromatic N) is 1. The molecular weight excluding hydrogens is 500 g/mol. The largest absolute Gasteiger partial charge is 0.358 e. The highest BCUT2D eigenvalue weighted by Gasteiger charge is 2.30. The average molecular weight is 533 g/mol. The van der Waals surface area contributed by atoms with E-state index in [2.05, 4.69) is 29.5 Å². The third-order valence-electron chi connectivity index (χ3n) is 7.16. The summed E-state index contributed by atoms with van der Waals surface area (Å²) in [5.41, 5.74) is 4.87. The number of anilines is 1. The van der Waals surface area contributed by atoms with Crippen LogP contribution >= 0.6 is 0 Å². The number of piperazine rings is 1. The van der Waals surface area contributed by atoms with Gasteiger partial charge in [0.1, 0.15) is 0 Å². The van der Waals surface area contributed by atoms with Crippen molar-refractivity contribution in [3.8, 4) is 0 Å². The van der Waals surface area contributed by atoms with Gasteiger partial charge in [0.15, 0.2) is 9.84 Å². The molecule has 1 aromatic heterocycles. The van der Waals surface area contributed by atoms with Gasteiger partial charge >= 0.3 is 0 Å². The lowest BCUT2D eigenvalue weighted by atomic mass is 10.0. The maximum atomic E-state index is 13.5. The van der Waals surface area contributed by atoms with E-state index in [-0.39, 0.29) is 34.5 Å². The fourth-order valence-electron chi connectivity index (χ4n) is 5.42. The average Bonchev–Trinajstić information content (AvgIpc) is 3.32. The maximum Gasteiger partial charge on any atom is 0.256 e. The second kappa shape index (κ2) is 9.89. The van der Waals surface area contributed by atoms with Crippen LogP contribution in [0, 0.1) is 13.8 Å². The van der Waals surface area contributed by atoms with Crippen LogP contribution < -0.4 is 10.6 Å². The summed E-state index contributed by atoms with van der Waals surface area (Å²) in [7, 11) is -3.62. The number of carbonyl (C=O) groups excluding carboxylic acids is 2. The number of hydrogen-bond acceptors (Lipinski definition) is 5. The predicted molar refractivity (Wildman–Crippen MR) is 149 cm³/mol. The summed E-state index contributed by atoms with van der Waals surface area (Å²) in [5, 5.41) is 6.27.